The highest BCUT2D eigenvalue weighted by Crippen LogP contribution is 2.30. The number of hydrogen-bond acceptors (Lipinski definition) is 6. The molecule has 0 amide bonds. The van der Waals surface area contributed by atoms with Gasteiger partial charge in [-0.15, -0.1) is 0 Å². The first-order valence-corrected chi connectivity index (χ1v) is 14.8. The Morgan fingerprint density at radius 1 is 0.865 bits per heavy atom. The first kappa shape index (κ1) is 29.5. The molecule has 3 aromatic carbocycles. The highest BCUT2D eigenvalue weighted by Gasteiger charge is 2.41. The summed E-state index contributed by atoms with van der Waals surface area (Å²) in [7, 11) is -8.71. The summed E-state index contributed by atoms with van der Waals surface area (Å²) in [5.74, 6) is -1.50. The highest BCUT2D eigenvalue weighted by atomic mass is 35.5. The van der Waals surface area contributed by atoms with Crippen molar-refractivity contribution in [2.75, 3.05) is 0 Å². The van der Waals surface area contributed by atoms with Gasteiger partial charge in [-0.25, -0.2) is 8.42 Å². The third-order valence-electron chi connectivity index (χ3n) is 5.32. The smallest absolute Gasteiger partial charge is 0.340 e. The van der Waals surface area contributed by atoms with Gasteiger partial charge >= 0.3 is 16.1 Å². The molecule has 8 nitrogen and oxygen atoms in total. The van der Waals surface area contributed by atoms with Crippen molar-refractivity contribution >= 4 is 72.5 Å². The number of rotatable bonds is 10. The molecule has 0 saturated carbocycles. The average Bonchev–Trinajstić information content (AvgIpc) is 2.82. The van der Waals surface area contributed by atoms with Gasteiger partial charge in [0.05, 0.1) is 10.0 Å². The molecule has 1 atom stereocenters. The van der Waals surface area contributed by atoms with Gasteiger partial charge < -0.3 is 9.29 Å². The lowest BCUT2D eigenvalue weighted by Crippen LogP contribution is -2.55. The molecule has 198 valence electrons. The van der Waals surface area contributed by atoms with Gasteiger partial charge in [0.15, 0.2) is 0 Å². The van der Waals surface area contributed by atoms with Crippen molar-refractivity contribution in [2.24, 2.45) is 0 Å². The standard InChI is InChI=1S/C23H19Cl4NO7S2/c1-2-23(22(29)30,28-36(31,32)20-11-15(24)5-9-18(20)26)13-14-3-7-17(8-4-14)35-37(33,34)21-12-16(25)6-10-19(21)27/h3-12,28H,2,13H2,1H3,(H,29,30)/t23-/m0/s1. The molecular formula is C23H19Cl4NO7S2. The monoisotopic (exact) mass is 625 g/mol. The van der Waals surface area contributed by atoms with Crippen LogP contribution < -0.4 is 8.91 Å². The number of carboxylic acid groups (broad SMARTS) is 1. The predicted molar refractivity (Wildman–Crippen MR) is 142 cm³/mol. The summed E-state index contributed by atoms with van der Waals surface area (Å²) in [6.45, 7) is 1.51. The number of carboxylic acids is 1. The van der Waals surface area contributed by atoms with E-state index in [1.54, 1.807) is 0 Å². The van der Waals surface area contributed by atoms with Gasteiger partial charge in [0, 0.05) is 16.5 Å². The van der Waals surface area contributed by atoms with Crippen molar-refractivity contribution in [3.05, 3.63) is 86.3 Å². The van der Waals surface area contributed by atoms with E-state index in [1.807, 2.05) is 0 Å². The highest BCUT2D eigenvalue weighted by molar-refractivity contribution is 7.89. The van der Waals surface area contributed by atoms with Gasteiger partial charge in [-0.1, -0.05) is 65.5 Å². The van der Waals surface area contributed by atoms with E-state index in [2.05, 4.69) is 4.72 Å². The summed E-state index contributed by atoms with van der Waals surface area (Å²) in [4.78, 5) is 11.6. The third-order valence-corrected chi connectivity index (χ3v) is 9.54. The fraction of sp³-hybridized carbons (Fsp3) is 0.174. The van der Waals surface area contributed by atoms with E-state index >= 15 is 0 Å². The van der Waals surface area contributed by atoms with Crippen LogP contribution >= 0.6 is 46.4 Å². The molecule has 0 aliphatic heterocycles. The van der Waals surface area contributed by atoms with Gasteiger partial charge in [-0.3, -0.25) is 4.79 Å². The normalized spacial score (nSPS) is 13.6. The number of hydrogen-bond donors (Lipinski definition) is 2. The quantitative estimate of drug-likeness (QED) is 0.271. The summed E-state index contributed by atoms with van der Waals surface area (Å²) < 4.78 is 58.7. The molecule has 0 aliphatic rings. The maximum Gasteiger partial charge on any atom is 0.340 e. The number of aliphatic carboxylic acids is 1. The van der Waals surface area contributed by atoms with Crippen LogP contribution in [0.4, 0.5) is 0 Å². The second kappa shape index (κ2) is 11.4. The third kappa shape index (κ3) is 6.88. The fourth-order valence-electron chi connectivity index (χ4n) is 3.35. The maximum atomic E-state index is 13.0. The van der Waals surface area contributed by atoms with Crippen molar-refractivity contribution in [1.29, 1.82) is 0 Å². The average molecular weight is 627 g/mol. The molecule has 0 spiro atoms. The Labute approximate surface area is 234 Å². The van der Waals surface area contributed by atoms with Crippen LogP contribution in [0.5, 0.6) is 5.75 Å². The minimum absolute atomic E-state index is 0.0801. The van der Waals surface area contributed by atoms with E-state index in [-0.39, 0.29) is 48.5 Å². The lowest BCUT2D eigenvalue weighted by molar-refractivity contribution is -0.144. The fourth-order valence-corrected chi connectivity index (χ4v) is 7.22. The van der Waals surface area contributed by atoms with Crippen LogP contribution in [-0.4, -0.2) is 33.5 Å². The molecule has 3 rings (SSSR count). The van der Waals surface area contributed by atoms with Crippen LogP contribution in [0.1, 0.15) is 18.9 Å². The number of carbonyl (C=O) groups is 1. The van der Waals surface area contributed by atoms with Crippen molar-refractivity contribution in [3.8, 4) is 5.75 Å². The van der Waals surface area contributed by atoms with Crippen LogP contribution in [0.15, 0.2) is 70.5 Å². The predicted octanol–water partition coefficient (Wildman–Crippen LogP) is 5.82. The summed E-state index contributed by atoms with van der Waals surface area (Å²) >= 11 is 23.7. The zero-order valence-corrected chi connectivity index (χ0v) is 23.6. The maximum absolute atomic E-state index is 13.0. The Kier molecular flexibility index (Phi) is 9.06. The molecule has 0 unspecified atom stereocenters. The Hall–Kier alpha value is -2.05. The van der Waals surface area contributed by atoms with Crippen LogP contribution in [-0.2, 0) is 31.4 Å². The Morgan fingerprint density at radius 2 is 1.38 bits per heavy atom. The van der Waals surface area contributed by atoms with Gasteiger partial charge in [0.2, 0.25) is 10.0 Å². The molecule has 0 saturated heterocycles. The van der Waals surface area contributed by atoms with E-state index in [1.165, 1.54) is 55.5 Å². The molecule has 2 N–H and O–H groups in total. The van der Waals surface area contributed by atoms with E-state index in [0.29, 0.717) is 5.56 Å². The summed E-state index contributed by atoms with van der Waals surface area (Å²) in [5, 5.41) is 10.0. The largest absolute Gasteiger partial charge is 0.480 e. The summed E-state index contributed by atoms with van der Waals surface area (Å²) in [6.07, 6.45) is -0.400. The first-order valence-electron chi connectivity index (χ1n) is 10.4. The van der Waals surface area contributed by atoms with Crippen molar-refractivity contribution in [1.82, 2.24) is 4.72 Å². The second-order valence-electron chi connectivity index (χ2n) is 7.85. The van der Waals surface area contributed by atoms with Crippen LogP contribution in [0.3, 0.4) is 0 Å². The minimum Gasteiger partial charge on any atom is -0.480 e. The summed E-state index contributed by atoms with van der Waals surface area (Å²) in [6, 6.07) is 13.1. The number of nitrogens with one attached hydrogen (secondary N) is 1. The van der Waals surface area contributed by atoms with Gasteiger partial charge in [0.1, 0.15) is 21.1 Å². The zero-order chi connectivity index (χ0) is 27.6. The zero-order valence-electron chi connectivity index (χ0n) is 18.9. The van der Waals surface area contributed by atoms with Crippen molar-refractivity contribution in [2.45, 2.75) is 35.1 Å². The first-order chi connectivity index (χ1) is 17.2. The van der Waals surface area contributed by atoms with E-state index in [9.17, 15) is 26.7 Å². The van der Waals surface area contributed by atoms with Gasteiger partial charge in [-0.2, -0.15) is 13.1 Å². The molecule has 0 fully saturated rings. The van der Waals surface area contributed by atoms with E-state index in [4.69, 9.17) is 50.6 Å². The Balaban J connectivity index is 1.87. The number of benzene rings is 3. The second-order valence-corrected chi connectivity index (χ2v) is 12.7. The molecule has 0 heterocycles. The molecule has 0 aromatic heterocycles. The van der Waals surface area contributed by atoms with Crippen LogP contribution in [0.25, 0.3) is 0 Å². The molecule has 0 radical (unpaired) electrons. The Bertz CT molecular complexity index is 1550. The Morgan fingerprint density at radius 3 is 1.89 bits per heavy atom. The van der Waals surface area contributed by atoms with Crippen LogP contribution in [0, 0.1) is 0 Å². The lowest BCUT2D eigenvalue weighted by Gasteiger charge is -2.29. The topological polar surface area (TPSA) is 127 Å². The summed E-state index contributed by atoms with van der Waals surface area (Å²) in [5.41, 5.74) is -1.57. The van der Waals surface area contributed by atoms with E-state index < -0.39 is 31.6 Å². The van der Waals surface area contributed by atoms with Gasteiger partial charge in [0.25, 0.3) is 0 Å². The molecule has 0 aliphatic carbocycles. The van der Waals surface area contributed by atoms with E-state index in [0.717, 1.165) is 12.1 Å². The van der Waals surface area contributed by atoms with Crippen molar-refractivity contribution in [3.63, 3.8) is 0 Å². The number of halogens is 4. The number of sulfonamides is 1. The van der Waals surface area contributed by atoms with Crippen molar-refractivity contribution < 1.29 is 30.9 Å². The van der Waals surface area contributed by atoms with Gasteiger partial charge in [-0.05, 0) is 60.5 Å². The van der Waals surface area contributed by atoms with Crippen LogP contribution in [0.2, 0.25) is 20.1 Å². The molecule has 14 heteroatoms. The SMILES string of the molecule is CC[C@@](Cc1ccc(OS(=O)(=O)c2cc(Cl)ccc2Cl)cc1)(NS(=O)(=O)c1cc(Cl)ccc1Cl)C(=O)O. The molecular weight excluding hydrogens is 608 g/mol. The lowest BCUT2D eigenvalue weighted by atomic mass is 9.89. The molecule has 3 aromatic rings. The minimum atomic E-state index is -4.39. The molecule has 0 bridgehead atoms. The molecule has 37 heavy (non-hydrogen) atoms.